The summed E-state index contributed by atoms with van der Waals surface area (Å²) in [4.78, 5) is 0.658. The van der Waals surface area contributed by atoms with Gasteiger partial charge in [-0.05, 0) is 6.07 Å². The summed E-state index contributed by atoms with van der Waals surface area (Å²) in [6, 6.07) is 2.98. The average molecular weight is 223 g/mol. The second-order valence-electron chi connectivity index (χ2n) is 2.60. The molecule has 0 aliphatic heterocycles. The van der Waals surface area contributed by atoms with E-state index in [1.54, 1.807) is 6.07 Å². The van der Waals surface area contributed by atoms with Crippen LogP contribution < -0.4 is 12.4 Å². The predicted octanol–water partition coefficient (Wildman–Crippen LogP) is -1.96. The van der Waals surface area contributed by atoms with E-state index in [1.165, 1.54) is 6.07 Å². The lowest BCUT2D eigenvalue weighted by Gasteiger charge is -2.03. The zero-order chi connectivity index (χ0) is 9.30. The largest absolute Gasteiger partial charge is 1.00 e. The first-order valence-corrected chi connectivity index (χ1v) is 5.39. The van der Waals surface area contributed by atoms with Gasteiger partial charge >= 0.3 is 0 Å². The number of hydrogen-bond acceptors (Lipinski definition) is 3. The molecule has 0 bridgehead atoms. The molecule has 1 aromatic carbocycles. The van der Waals surface area contributed by atoms with Crippen LogP contribution in [0.2, 0.25) is 0 Å². The second kappa shape index (κ2) is 4.48. The lowest BCUT2D eigenvalue weighted by atomic mass is 10.3. The molecule has 1 rings (SSSR count). The van der Waals surface area contributed by atoms with Crippen LogP contribution in [0.4, 0.5) is 0 Å². The monoisotopic (exact) mass is 222 g/mol. The second-order valence-corrected chi connectivity index (χ2v) is 4.67. The van der Waals surface area contributed by atoms with E-state index in [0.717, 1.165) is 0 Å². The molecule has 0 heterocycles. The van der Waals surface area contributed by atoms with Crippen LogP contribution >= 0.6 is 0 Å². The smallest absolute Gasteiger partial charge is 0.217 e. The number of hydrogen-bond donors (Lipinski definition) is 3. The first kappa shape index (κ1) is 12.3. The molecule has 3 N–H and O–H groups in total. The highest BCUT2D eigenvalue weighted by molar-refractivity contribution is 7.95. The van der Waals surface area contributed by atoms with Crippen LogP contribution in [0.5, 0.6) is 17.2 Å². The minimum absolute atomic E-state index is 0. The summed E-state index contributed by atoms with van der Waals surface area (Å²) in [5.41, 5.74) is 0. The van der Waals surface area contributed by atoms with Crippen LogP contribution in [0, 0.1) is 0 Å². The number of benzene rings is 1. The van der Waals surface area contributed by atoms with Gasteiger partial charge in [0, 0.05) is 17.0 Å². The van der Waals surface area contributed by atoms with E-state index in [9.17, 15) is 5.11 Å². The number of aromatic hydroxyl groups is 3. The summed E-state index contributed by atoms with van der Waals surface area (Å²) >= 11 is 0. The normalized spacial score (nSPS) is 9.77. The standard InChI is InChI=1S/C8H10O3S.ClH/c1-12(2)6-4-3-5(9)7(10)8(6)11;/h3-4H,1-2H3,(H2-,9,10,11);1H. The molecular formula is C8H11ClO3S. The molecule has 0 aromatic heterocycles. The average Bonchev–Trinajstić information content (AvgIpc) is 2.00. The van der Waals surface area contributed by atoms with Gasteiger partial charge in [-0.3, -0.25) is 0 Å². The molecule has 0 unspecified atom stereocenters. The van der Waals surface area contributed by atoms with Crippen molar-refractivity contribution >= 4 is 10.9 Å². The van der Waals surface area contributed by atoms with Crippen molar-refractivity contribution in [2.24, 2.45) is 0 Å². The maximum absolute atomic E-state index is 9.35. The molecule has 74 valence electrons. The molecule has 0 fully saturated rings. The zero-order valence-corrected chi connectivity index (χ0v) is 8.85. The molecule has 0 atom stereocenters. The van der Waals surface area contributed by atoms with Gasteiger partial charge in [-0.2, -0.15) is 0 Å². The Hall–Kier alpha value is -0.740. The molecule has 0 amide bonds. The van der Waals surface area contributed by atoms with Crippen molar-refractivity contribution in [1.29, 1.82) is 0 Å². The Bertz CT molecular complexity index is 302. The first-order valence-electron chi connectivity index (χ1n) is 3.35. The Morgan fingerprint density at radius 3 is 2.00 bits per heavy atom. The van der Waals surface area contributed by atoms with Gasteiger partial charge < -0.3 is 27.7 Å². The molecule has 0 aliphatic rings. The molecule has 0 saturated carbocycles. The minimum Gasteiger partial charge on any atom is -1.00 e. The Labute approximate surface area is 85.8 Å². The van der Waals surface area contributed by atoms with Crippen LogP contribution in [-0.4, -0.2) is 27.8 Å². The summed E-state index contributed by atoms with van der Waals surface area (Å²) in [6.07, 6.45) is 3.84. The van der Waals surface area contributed by atoms with Crippen molar-refractivity contribution in [3.63, 3.8) is 0 Å². The van der Waals surface area contributed by atoms with Crippen LogP contribution in [-0.2, 0) is 10.9 Å². The fraction of sp³-hybridized carbons (Fsp3) is 0.250. The van der Waals surface area contributed by atoms with Gasteiger partial charge in [-0.25, -0.2) is 0 Å². The van der Waals surface area contributed by atoms with Gasteiger partial charge in [0.1, 0.15) is 12.5 Å². The third-order valence-electron chi connectivity index (χ3n) is 1.53. The fourth-order valence-electron chi connectivity index (χ4n) is 0.880. The summed E-state index contributed by atoms with van der Waals surface area (Å²) in [7, 11) is -0.130. The van der Waals surface area contributed by atoms with Crippen molar-refractivity contribution < 1.29 is 27.7 Å². The molecule has 5 heteroatoms. The third kappa shape index (κ3) is 2.35. The molecule has 3 nitrogen and oxygen atoms in total. The van der Waals surface area contributed by atoms with Gasteiger partial charge in [0.25, 0.3) is 0 Å². The molecule has 0 radical (unpaired) electrons. The topological polar surface area (TPSA) is 60.7 Å². The molecular weight excluding hydrogens is 212 g/mol. The van der Waals surface area contributed by atoms with E-state index in [-0.39, 0.29) is 34.8 Å². The summed E-state index contributed by atoms with van der Waals surface area (Å²) < 4.78 is 0. The Morgan fingerprint density at radius 2 is 1.54 bits per heavy atom. The van der Waals surface area contributed by atoms with E-state index in [2.05, 4.69) is 0 Å². The molecule has 0 spiro atoms. The first-order chi connectivity index (χ1) is 5.54. The summed E-state index contributed by atoms with van der Waals surface area (Å²) in [6.45, 7) is 0. The lowest BCUT2D eigenvalue weighted by molar-refractivity contribution is -0.00000527. The van der Waals surface area contributed by atoms with E-state index < -0.39 is 5.75 Å². The van der Waals surface area contributed by atoms with Crippen molar-refractivity contribution in [2.45, 2.75) is 4.90 Å². The van der Waals surface area contributed by atoms with E-state index in [0.29, 0.717) is 4.90 Å². The maximum atomic E-state index is 9.35. The third-order valence-corrected chi connectivity index (χ3v) is 2.74. The maximum Gasteiger partial charge on any atom is 0.217 e. The van der Waals surface area contributed by atoms with Crippen molar-refractivity contribution in [3.8, 4) is 17.2 Å². The van der Waals surface area contributed by atoms with Crippen molar-refractivity contribution in [3.05, 3.63) is 12.1 Å². The fourth-order valence-corrected chi connectivity index (χ4v) is 1.70. The number of phenolic OH excluding ortho intramolecular Hbond substituents is 3. The highest BCUT2D eigenvalue weighted by Gasteiger charge is 2.19. The number of rotatable bonds is 1. The quantitative estimate of drug-likeness (QED) is 0.382. The van der Waals surface area contributed by atoms with E-state index in [4.69, 9.17) is 10.2 Å². The van der Waals surface area contributed by atoms with Crippen LogP contribution in [0.1, 0.15) is 0 Å². The predicted molar refractivity (Wildman–Crippen MR) is 48.9 cm³/mol. The Balaban J connectivity index is 0.00000144. The highest BCUT2D eigenvalue weighted by Crippen LogP contribution is 2.38. The van der Waals surface area contributed by atoms with Gasteiger partial charge in [0.2, 0.25) is 11.5 Å². The lowest BCUT2D eigenvalue weighted by Crippen LogP contribution is -3.00. The number of phenols is 3. The molecule has 0 aliphatic carbocycles. The van der Waals surface area contributed by atoms with Crippen molar-refractivity contribution in [2.75, 3.05) is 12.5 Å². The van der Waals surface area contributed by atoms with Crippen LogP contribution in [0.25, 0.3) is 0 Å². The van der Waals surface area contributed by atoms with Gasteiger partial charge in [-0.1, -0.05) is 0 Å². The van der Waals surface area contributed by atoms with Gasteiger partial charge in [0.15, 0.2) is 10.6 Å². The highest BCUT2D eigenvalue weighted by atomic mass is 35.5. The molecule has 13 heavy (non-hydrogen) atoms. The van der Waals surface area contributed by atoms with E-state index >= 15 is 0 Å². The van der Waals surface area contributed by atoms with Crippen LogP contribution in [0.3, 0.4) is 0 Å². The SMILES string of the molecule is C[S+](C)c1ccc(O)c(O)c1O.[Cl-]. The Kier molecular flexibility index (Phi) is 4.23. The van der Waals surface area contributed by atoms with Crippen molar-refractivity contribution in [1.82, 2.24) is 0 Å². The summed E-state index contributed by atoms with van der Waals surface area (Å²) in [5.74, 6) is -0.946. The van der Waals surface area contributed by atoms with E-state index in [1.807, 2.05) is 12.5 Å². The van der Waals surface area contributed by atoms with Gasteiger partial charge in [-0.15, -0.1) is 0 Å². The zero-order valence-electron chi connectivity index (χ0n) is 7.28. The molecule has 0 saturated heterocycles. The Morgan fingerprint density at radius 1 is 1.00 bits per heavy atom. The number of halogens is 1. The summed E-state index contributed by atoms with van der Waals surface area (Å²) in [5, 5.41) is 27.5. The van der Waals surface area contributed by atoms with Gasteiger partial charge in [0.05, 0.1) is 0 Å². The molecule has 1 aromatic rings. The minimum atomic E-state index is -0.436. The van der Waals surface area contributed by atoms with Crippen LogP contribution in [0.15, 0.2) is 17.0 Å².